The van der Waals surface area contributed by atoms with Crippen molar-refractivity contribution in [3.63, 3.8) is 0 Å². The Labute approximate surface area is 192 Å². The zero-order valence-corrected chi connectivity index (χ0v) is 19.3. The number of carbonyl (C=O) groups excluding carboxylic acids is 1. The van der Waals surface area contributed by atoms with Gasteiger partial charge in [0.05, 0.1) is 23.0 Å². The summed E-state index contributed by atoms with van der Waals surface area (Å²) in [7, 11) is 1.99. The van der Waals surface area contributed by atoms with Crippen LogP contribution in [0, 0.1) is 0 Å². The molecule has 1 amide bonds. The number of aromatic amines is 1. The molecule has 0 unspecified atom stereocenters. The van der Waals surface area contributed by atoms with Crippen molar-refractivity contribution in [2.24, 2.45) is 7.05 Å². The van der Waals surface area contributed by atoms with E-state index in [9.17, 15) is 4.79 Å². The SMILES string of the molecule is Cn1cnc2ccc(Nc3ccnc4[nH]c(C5=CCN(C(=O)OC(C)(C)C)CC5)cc34)cc21. The molecule has 4 aromatic rings. The number of imidazole rings is 1. The molecule has 33 heavy (non-hydrogen) atoms. The number of benzene rings is 1. The number of nitrogens with zero attached hydrogens (tertiary/aromatic N) is 4. The van der Waals surface area contributed by atoms with E-state index in [-0.39, 0.29) is 6.09 Å². The van der Waals surface area contributed by atoms with Gasteiger partial charge < -0.3 is 24.5 Å². The summed E-state index contributed by atoms with van der Waals surface area (Å²) in [5.41, 5.74) is 6.55. The minimum Gasteiger partial charge on any atom is -0.444 e. The van der Waals surface area contributed by atoms with Gasteiger partial charge >= 0.3 is 6.09 Å². The van der Waals surface area contributed by atoms with E-state index in [2.05, 4.69) is 38.5 Å². The molecule has 4 heterocycles. The number of anilines is 2. The van der Waals surface area contributed by atoms with Gasteiger partial charge in [-0.05, 0) is 63.1 Å². The fourth-order valence-corrected chi connectivity index (χ4v) is 4.07. The minimum absolute atomic E-state index is 0.270. The second-order valence-electron chi connectivity index (χ2n) is 9.39. The Hall–Kier alpha value is -3.81. The molecule has 5 rings (SSSR count). The molecule has 8 nitrogen and oxygen atoms in total. The summed E-state index contributed by atoms with van der Waals surface area (Å²) in [4.78, 5) is 26.4. The van der Waals surface area contributed by atoms with Gasteiger partial charge in [0.1, 0.15) is 11.2 Å². The molecule has 1 aliphatic heterocycles. The molecule has 0 atom stereocenters. The number of aryl methyl sites for hydroxylation is 1. The van der Waals surface area contributed by atoms with Crippen LogP contribution in [0.1, 0.15) is 32.9 Å². The number of H-pyrrole nitrogens is 1. The van der Waals surface area contributed by atoms with Crippen molar-refractivity contribution >= 4 is 45.1 Å². The average molecular weight is 445 g/mol. The third kappa shape index (κ3) is 4.28. The van der Waals surface area contributed by atoms with Crippen LogP contribution >= 0.6 is 0 Å². The normalized spacial score (nSPS) is 14.5. The zero-order chi connectivity index (χ0) is 23.2. The lowest BCUT2D eigenvalue weighted by Gasteiger charge is -2.29. The maximum absolute atomic E-state index is 12.3. The third-order valence-electron chi connectivity index (χ3n) is 5.74. The summed E-state index contributed by atoms with van der Waals surface area (Å²) >= 11 is 0. The molecule has 0 aliphatic carbocycles. The number of rotatable bonds is 3. The lowest BCUT2D eigenvalue weighted by atomic mass is 10.0. The van der Waals surface area contributed by atoms with Crippen LogP contribution in [0.15, 0.2) is 48.9 Å². The van der Waals surface area contributed by atoms with Crippen LogP contribution in [0.4, 0.5) is 16.2 Å². The van der Waals surface area contributed by atoms with Crippen LogP contribution in [0.2, 0.25) is 0 Å². The Kier molecular flexibility index (Phi) is 5.08. The Balaban J connectivity index is 1.37. The first kappa shape index (κ1) is 21.1. The van der Waals surface area contributed by atoms with Crippen molar-refractivity contribution < 1.29 is 9.53 Å². The number of fused-ring (bicyclic) bond motifs is 2. The molecule has 0 fully saturated rings. The first-order valence-corrected chi connectivity index (χ1v) is 11.1. The van der Waals surface area contributed by atoms with Crippen molar-refractivity contribution in [2.45, 2.75) is 32.8 Å². The lowest BCUT2D eigenvalue weighted by molar-refractivity contribution is 0.0270. The fourth-order valence-electron chi connectivity index (χ4n) is 4.07. The summed E-state index contributed by atoms with van der Waals surface area (Å²) < 4.78 is 7.50. The van der Waals surface area contributed by atoms with Crippen LogP contribution in [-0.2, 0) is 11.8 Å². The number of pyridine rings is 1. The number of amides is 1. The molecule has 1 aliphatic rings. The fraction of sp³-hybridized carbons (Fsp3) is 0.320. The first-order valence-electron chi connectivity index (χ1n) is 11.1. The van der Waals surface area contributed by atoms with Crippen molar-refractivity contribution in [3.8, 4) is 0 Å². The smallest absolute Gasteiger partial charge is 0.410 e. The number of hydrogen-bond donors (Lipinski definition) is 2. The predicted molar refractivity (Wildman–Crippen MR) is 130 cm³/mol. The molecule has 0 spiro atoms. The van der Waals surface area contributed by atoms with Crippen LogP contribution in [0.5, 0.6) is 0 Å². The summed E-state index contributed by atoms with van der Waals surface area (Å²) in [6.07, 6.45) is 6.19. The highest BCUT2D eigenvalue weighted by Crippen LogP contribution is 2.31. The van der Waals surface area contributed by atoms with E-state index in [1.54, 1.807) is 11.1 Å². The highest BCUT2D eigenvalue weighted by Gasteiger charge is 2.24. The number of hydrogen-bond acceptors (Lipinski definition) is 5. The number of ether oxygens (including phenoxy) is 1. The van der Waals surface area contributed by atoms with Gasteiger partial charge in [0.2, 0.25) is 0 Å². The van der Waals surface area contributed by atoms with Gasteiger partial charge in [-0.3, -0.25) is 0 Å². The van der Waals surface area contributed by atoms with E-state index in [4.69, 9.17) is 4.74 Å². The van der Waals surface area contributed by atoms with Gasteiger partial charge in [0.15, 0.2) is 0 Å². The molecule has 3 aromatic heterocycles. The molecule has 2 N–H and O–H groups in total. The molecule has 0 saturated carbocycles. The van der Waals surface area contributed by atoms with Gasteiger partial charge in [-0.1, -0.05) is 6.08 Å². The van der Waals surface area contributed by atoms with Crippen LogP contribution in [0.25, 0.3) is 27.6 Å². The standard InChI is InChI=1S/C25H28N6O2/c1-25(2,3)33-24(32)31-11-8-16(9-12-31)21-14-18-19(7-10-26-23(18)29-21)28-17-5-6-20-22(13-17)30(4)15-27-20/h5-8,10,13-15H,9,11-12H2,1-4H3,(H2,26,28,29). The largest absolute Gasteiger partial charge is 0.444 e. The highest BCUT2D eigenvalue weighted by molar-refractivity contribution is 5.95. The summed E-state index contributed by atoms with van der Waals surface area (Å²) in [5, 5.41) is 4.55. The van der Waals surface area contributed by atoms with E-state index >= 15 is 0 Å². The van der Waals surface area contributed by atoms with Crippen molar-refractivity contribution in [1.29, 1.82) is 0 Å². The van der Waals surface area contributed by atoms with E-state index in [0.717, 1.165) is 45.6 Å². The van der Waals surface area contributed by atoms with Crippen LogP contribution in [-0.4, -0.2) is 49.2 Å². The Morgan fingerprint density at radius 1 is 1.18 bits per heavy atom. The van der Waals surface area contributed by atoms with Crippen LogP contribution < -0.4 is 5.32 Å². The lowest BCUT2D eigenvalue weighted by Crippen LogP contribution is -2.39. The Bertz CT molecular complexity index is 1370. The van der Waals surface area contributed by atoms with Gasteiger partial charge in [-0.25, -0.2) is 14.8 Å². The molecular formula is C25H28N6O2. The molecule has 0 radical (unpaired) electrons. The Morgan fingerprint density at radius 3 is 2.79 bits per heavy atom. The van der Waals surface area contributed by atoms with E-state index in [1.165, 1.54) is 5.57 Å². The zero-order valence-electron chi connectivity index (χ0n) is 19.3. The van der Waals surface area contributed by atoms with Crippen molar-refractivity contribution in [1.82, 2.24) is 24.4 Å². The number of nitrogens with one attached hydrogen (secondary N) is 2. The third-order valence-corrected chi connectivity index (χ3v) is 5.74. The maximum atomic E-state index is 12.3. The Morgan fingerprint density at radius 2 is 2.03 bits per heavy atom. The van der Waals surface area contributed by atoms with E-state index in [1.807, 2.05) is 56.9 Å². The second-order valence-corrected chi connectivity index (χ2v) is 9.39. The van der Waals surface area contributed by atoms with Gasteiger partial charge in [0, 0.05) is 43.1 Å². The summed E-state index contributed by atoms with van der Waals surface area (Å²) in [5.74, 6) is 0. The quantitative estimate of drug-likeness (QED) is 0.452. The monoisotopic (exact) mass is 444 g/mol. The molecule has 8 heteroatoms. The number of carbonyl (C=O) groups is 1. The molecule has 170 valence electrons. The number of aromatic nitrogens is 4. The van der Waals surface area contributed by atoms with E-state index in [0.29, 0.717) is 13.1 Å². The molecule has 0 bridgehead atoms. The molecule has 0 saturated heterocycles. The van der Waals surface area contributed by atoms with Gasteiger partial charge in [-0.15, -0.1) is 0 Å². The topological polar surface area (TPSA) is 88.1 Å². The predicted octanol–water partition coefficient (Wildman–Crippen LogP) is 5.22. The van der Waals surface area contributed by atoms with Crippen LogP contribution in [0.3, 0.4) is 0 Å². The highest BCUT2D eigenvalue weighted by atomic mass is 16.6. The minimum atomic E-state index is -0.491. The van der Waals surface area contributed by atoms with Crippen molar-refractivity contribution in [2.75, 3.05) is 18.4 Å². The van der Waals surface area contributed by atoms with E-state index < -0.39 is 5.60 Å². The molecule has 1 aromatic carbocycles. The summed E-state index contributed by atoms with van der Waals surface area (Å²) in [6.45, 7) is 6.80. The van der Waals surface area contributed by atoms with Gasteiger partial charge in [0.25, 0.3) is 0 Å². The molecular weight excluding hydrogens is 416 g/mol. The second kappa shape index (κ2) is 7.95. The maximum Gasteiger partial charge on any atom is 0.410 e. The first-order chi connectivity index (χ1) is 15.8. The van der Waals surface area contributed by atoms with Gasteiger partial charge in [-0.2, -0.15) is 0 Å². The van der Waals surface area contributed by atoms with Crippen molar-refractivity contribution in [3.05, 3.63) is 54.6 Å². The summed E-state index contributed by atoms with van der Waals surface area (Å²) in [6, 6.07) is 10.2. The average Bonchev–Trinajstić information content (AvgIpc) is 3.37.